The fourth-order valence-corrected chi connectivity index (χ4v) is 2.12. The van der Waals surface area contributed by atoms with Crippen molar-refractivity contribution in [3.05, 3.63) is 35.4 Å². The molecule has 2 atom stereocenters. The van der Waals surface area contributed by atoms with Crippen molar-refractivity contribution >= 4 is 11.9 Å². The van der Waals surface area contributed by atoms with Gasteiger partial charge in [-0.15, -0.1) is 0 Å². The van der Waals surface area contributed by atoms with Gasteiger partial charge in [-0.25, -0.2) is 4.79 Å². The molecule has 1 aromatic carbocycles. The summed E-state index contributed by atoms with van der Waals surface area (Å²) < 4.78 is 5.19. The predicted molar refractivity (Wildman–Crippen MR) is 68.6 cm³/mol. The standard InChI is InChI=1S/C14H17NO4/c1-9-4-2-3-5-10(9)8-15-13(16)11-6-7-12(19-11)14(17)18/h2-5,11-12H,6-8H2,1H3,(H,15,16)(H,17,18). The minimum atomic E-state index is -1.01. The SMILES string of the molecule is Cc1ccccc1CNC(=O)C1CCC(C(=O)O)O1. The van der Waals surface area contributed by atoms with Gasteiger partial charge in [0.2, 0.25) is 5.91 Å². The fourth-order valence-electron chi connectivity index (χ4n) is 2.12. The van der Waals surface area contributed by atoms with Gasteiger partial charge in [-0.3, -0.25) is 4.79 Å². The molecule has 1 aromatic rings. The fraction of sp³-hybridized carbons (Fsp3) is 0.429. The van der Waals surface area contributed by atoms with E-state index in [2.05, 4.69) is 5.32 Å². The van der Waals surface area contributed by atoms with Crippen LogP contribution in [0.4, 0.5) is 0 Å². The van der Waals surface area contributed by atoms with E-state index in [1.54, 1.807) is 0 Å². The number of carboxylic acids is 1. The molecule has 5 nitrogen and oxygen atoms in total. The number of amides is 1. The largest absolute Gasteiger partial charge is 0.479 e. The Kier molecular flexibility index (Phi) is 4.16. The maximum Gasteiger partial charge on any atom is 0.332 e. The molecule has 0 spiro atoms. The molecule has 1 fully saturated rings. The van der Waals surface area contributed by atoms with Gasteiger partial charge in [0.1, 0.15) is 6.10 Å². The van der Waals surface area contributed by atoms with Crippen LogP contribution in [0.3, 0.4) is 0 Å². The second-order valence-corrected chi connectivity index (χ2v) is 4.67. The maximum absolute atomic E-state index is 11.9. The van der Waals surface area contributed by atoms with Crippen LogP contribution >= 0.6 is 0 Å². The van der Waals surface area contributed by atoms with Gasteiger partial charge in [0, 0.05) is 6.54 Å². The van der Waals surface area contributed by atoms with E-state index in [0.717, 1.165) is 11.1 Å². The molecule has 0 saturated carbocycles. The molecule has 1 aliphatic rings. The number of carboxylic acid groups (broad SMARTS) is 1. The zero-order valence-electron chi connectivity index (χ0n) is 10.8. The second kappa shape index (κ2) is 5.84. The Hall–Kier alpha value is -1.88. The summed E-state index contributed by atoms with van der Waals surface area (Å²) in [5, 5.41) is 11.6. The quantitative estimate of drug-likeness (QED) is 0.857. The van der Waals surface area contributed by atoms with Crippen LogP contribution in [0, 0.1) is 6.92 Å². The number of aliphatic carboxylic acids is 1. The first-order valence-electron chi connectivity index (χ1n) is 6.28. The molecule has 0 aromatic heterocycles. The Morgan fingerprint density at radius 1 is 1.32 bits per heavy atom. The summed E-state index contributed by atoms with van der Waals surface area (Å²) >= 11 is 0. The highest BCUT2D eigenvalue weighted by atomic mass is 16.5. The van der Waals surface area contributed by atoms with E-state index in [-0.39, 0.29) is 5.91 Å². The molecule has 1 amide bonds. The lowest BCUT2D eigenvalue weighted by Gasteiger charge is -2.12. The number of nitrogens with one attached hydrogen (secondary N) is 1. The summed E-state index contributed by atoms with van der Waals surface area (Å²) in [6, 6.07) is 7.79. The summed E-state index contributed by atoms with van der Waals surface area (Å²) in [5.41, 5.74) is 2.15. The highest BCUT2D eigenvalue weighted by Gasteiger charge is 2.34. The lowest BCUT2D eigenvalue weighted by molar-refractivity contribution is -0.151. The lowest BCUT2D eigenvalue weighted by Crippen LogP contribution is -2.35. The van der Waals surface area contributed by atoms with Crippen molar-refractivity contribution in [1.29, 1.82) is 0 Å². The van der Waals surface area contributed by atoms with E-state index in [4.69, 9.17) is 9.84 Å². The van der Waals surface area contributed by atoms with Gasteiger partial charge in [0.15, 0.2) is 6.10 Å². The summed E-state index contributed by atoms with van der Waals surface area (Å²) in [6.07, 6.45) is -0.659. The Morgan fingerprint density at radius 3 is 2.63 bits per heavy atom. The van der Waals surface area contributed by atoms with Gasteiger partial charge in [-0.05, 0) is 30.9 Å². The van der Waals surface area contributed by atoms with Crippen LogP contribution in [0.5, 0.6) is 0 Å². The third-order valence-corrected chi connectivity index (χ3v) is 3.30. The molecule has 2 unspecified atom stereocenters. The van der Waals surface area contributed by atoms with Crippen molar-refractivity contribution in [2.24, 2.45) is 0 Å². The summed E-state index contributed by atoms with van der Waals surface area (Å²) in [7, 11) is 0. The number of hydrogen-bond acceptors (Lipinski definition) is 3. The molecule has 1 heterocycles. The van der Waals surface area contributed by atoms with Crippen molar-refractivity contribution in [3.8, 4) is 0 Å². The first-order valence-corrected chi connectivity index (χ1v) is 6.28. The molecule has 0 aliphatic carbocycles. The van der Waals surface area contributed by atoms with Crippen molar-refractivity contribution in [2.45, 2.75) is 38.5 Å². The number of hydrogen-bond donors (Lipinski definition) is 2. The van der Waals surface area contributed by atoms with Crippen LogP contribution in [-0.4, -0.2) is 29.2 Å². The normalized spacial score (nSPS) is 22.2. The smallest absolute Gasteiger partial charge is 0.332 e. The molecule has 2 rings (SSSR count). The van der Waals surface area contributed by atoms with Gasteiger partial charge in [-0.1, -0.05) is 24.3 Å². The van der Waals surface area contributed by atoms with Gasteiger partial charge in [0.05, 0.1) is 0 Å². The van der Waals surface area contributed by atoms with Crippen LogP contribution in [-0.2, 0) is 20.9 Å². The zero-order chi connectivity index (χ0) is 13.8. The van der Waals surface area contributed by atoms with E-state index in [1.807, 2.05) is 31.2 Å². The average molecular weight is 263 g/mol. The zero-order valence-corrected chi connectivity index (χ0v) is 10.8. The number of benzene rings is 1. The Labute approximate surface area is 111 Å². The Bertz CT molecular complexity index is 486. The molecule has 2 N–H and O–H groups in total. The minimum absolute atomic E-state index is 0.244. The molecular weight excluding hydrogens is 246 g/mol. The molecule has 19 heavy (non-hydrogen) atoms. The van der Waals surface area contributed by atoms with E-state index < -0.39 is 18.2 Å². The highest BCUT2D eigenvalue weighted by Crippen LogP contribution is 2.20. The van der Waals surface area contributed by atoms with E-state index >= 15 is 0 Å². The van der Waals surface area contributed by atoms with Gasteiger partial charge in [0.25, 0.3) is 0 Å². The third-order valence-electron chi connectivity index (χ3n) is 3.30. The lowest BCUT2D eigenvalue weighted by atomic mass is 10.1. The van der Waals surface area contributed by atoms with Crippen molar-refractivity contribution < 1.29 is 19.4 Å². The first-order chi connectivity index (χ1) is 9.08. The summed E-state index contributed by atoms with van der Waals surface area (Å²) in [6.45, 7) is 2.41. The molecule has 102 valence electrons. The van der Waals surface area contributed by atoms with E-state index in [1.165, 1.54) is 0 Å². The Balaban J connectivity index is 1.86. The van der Waals surface area contributed by atoms with Crippen LogP contribution in [0.1, 0.15) is 24.0 Å². The van der Waals surface area contributed by atoms with Crippen LogP contribution < -0.4 is 5.32 Å². The number of aryl methyl sites for hydroxylation is 1. The van der Waals surface area contributed by atoms with Crippen LogP contribution in [0.15, 0.2) is 24.3 Å². The number of carbonyl (C=O) groups is 2. The van der Waals surface area contributed by atoms with Gasteiger partial charge in [-0.2, -0.15) is 0 Å². The minimum Gasteiger partial charge on any atom is -0.479 e. The molecule has 0 bridgehead atoms. The number of rotatable bonds is 4. The predicted octanol–water partition coefficient (Wildman–Crippen LogP) is 1.24. The summed E-state index contributed by atoms with van der Waals surface area (Å²) in [4.78, 5) is 22.6. The van der Waals surface area contributed by atoms with Crippen molar-refractivity contribution in [2.75, 3.05) is 0 Å². The van der Waals surface area contributed by atoms with Crippen molar-refractivity contribution in [1.82, 2.24) is 5.32 Å². The van der Waals surface area contributed by atoms with E-state index in [0.29, 0.717) is 19.4 Å². The molecule has 0 radical (unpaired) electrons. The average Bonchev–Trinajstić information content (AvgIpc) is 2.87. The second-order valence-electron chi connectivity index (χ2n) is 4.67. The van der Waals surface area contributed by atoms with Gasteiger partial charge >= 0.3 is 5.97 Å². The number of carbonyl (C=O) groups excluding carboxylic acids is 1. The molecule has 1 saturated heterocycles. The maximum atomic E-state index is 11.9. The highest BCUT2D eigenvalue weighted by molar-refractivity contribution is 5.82. The summed E-state index contributed by atoms with van der Waals surface area (Å²) in [5.74, 6) is -1.25. The molecule has 1 aliphatic heterocycles. The first kappa shape index (κ1) is 13.5. The van der Waals surface area contributed by atoms with Crippen molar-refractivity contribution in [3.63, 3.8) is 0 Å². The van der Waals surface area contributed by atoms with Crippen LogP contribution in [0.2, 0.25) is 0 Å². The molecular formula is C14H17NO4. The number of ether oxygens (including phenoxy) is 1. The molecule has 5 heteroatoms. The topological polar surface area (TPSA) is 75.6 Å². The van der Waals surface area contributed by atoms with Gasteiger partial charge < -0.3 is 15.2 Å². The Morgan fingerprint density at radius 2 is 2.00 bits per heavy atom. The van der Waals surface area contributed by atoms with Crippen LogP contribution in [0.25, 0.3) is 0 Å². The monoisotopic (exact) mass is 263 g/mol. The van der Waals surface area contributed by atoms with E-state index in [9.17, 15) is 9.59 Å². The third kappa shape index (κ3) is 3.32.